The molecule has 0 aliphatic carbocycles. The fourth-order valence-electron chi connectivity index (χ4n) is 3.31. The molecule has 0 unspecified atom stereocenters. The number of hydrogen-bond acceptors (Lipinski definition) is 4. The number of halogens is 2. The van der Waals surface area contributed by atoms with Crippen molar-refractivity contribution in [2.24, 2.45) is 0 Å². The maximum atomic E-state index is 13.7. The Labute approximate surface area is 153 Å². The number of rotatable bonds is 4. The van der Waals surface area contributed by atoms with Crippen LogP contribution in [0.25, 0.3) is 10.2 Å². The Kier molecular flexibility index (Phi) is 4.65. The molecule has 1 aliphatic heterocycles. The van der Waals surface area contributed by atoms with Gasteiger partial charge < -0.3 is 5.32 Å². The lowest BCUT2D eigenvalue weighted by Gasteiger charge is -2.22. The third-order valence-electron chi connectivity index (χ3n) is 4.53. The van der Waals surface area contributed by atoms with Gasteiger partial charge in [-0.3, -0.25) is 9.69 Å². The van der Waals surface area contributed by atoms with Crippen LogP contribution in [0.15, 0.2) is 42.5 Å². The van der Waals surface area contributed by atoms with Gasteiger partial charge in [0, 0.05) is 0 Å². The van der Waals surface area contributed by atoms with E-state index < -0.39 is 23.2 Å². The summed E-state index contributed by atoms with van der Waals surface area (Å²) in [6.07, 6.45) is 1.88. The van der Waals surface area contributed by atoms with Crippen molar-refractivity contribution in [3.8, 4) is 0 Å². The number of fused-ring (bicyclic) bond motifs is 1. The van der Waals surface area contributed by atoms with E-state index >= 15 is 0 Å². The molecule has 0 saturated carbocycles. The van der Waals surface area contributed by atoms with E-state index in [0.717, 1.165) is 46.7 Å². The van der Waals surface area contributed by atoms with E-state index in [1.54, 1.807) is 11.3 Å². The summed E-state index contributed by atoms with van der Waals surface area (Å²) >= 11 is 1.63. The number of anilines is 1. The number of carbonyl (C=O) groups is 1. The lowest BCUT2D eigenvalue weighted by atomic mass is 10.2. The molecule has 2 heterocycles. The number of benzene rings is 2. The highest BCUT2D eigenvalue weighted by Gasteiger charge is 2.30. The summed E-state index contributed by atoms with van der Waals surface area (Å²) in [5.74, 6) is -1.98. The van der Waals surface area contributed by atoms with Crippen LogP contribution < -0.4 is 5.32 Å². The summed E-state index contributed by atoms with van der Waals surface area (Å²) in [7, 11) is 0. The van der Waals surface area contributed by atoms with Crippen molar-refractivity contribution in [3.05, 3.63) is 59.1 Å². The Balaban J connectivity index is 1.49. The SMILES string of the molecule is O=C(CN1CCC[C@H]1c1nc2ccccc2s1)Nc1c(F)cccc1F. The van der Waals surface area contributed by atoms with E-state index in [0.29, 0.717) is 0 Å². The molecule has 26 heavy (non-hydrogen) atoms. The van der Waals surface area contributed by atoms with Crippen molar-refractivity contribution in [2.75, 3.05) is 18.4 Å². The van der Waals surface area contributed by atoms with Gasteiger partial charge in [-0.05, 0) is 43.7 Å². The van der Waals surface area contributed by atoms with Gasteiger partial charge >= 0.3 is 0 Å². The molecule has 0 spiro atoms. The molecule has 0 radical (unpaired) electrons. The maximum absolute atomic E-state index is 13.7. The normalized spacial score (nSPS) is 17.7. The smallest absolute Gasteiger partial charge is 0.238 e. The van der Waals surface area contributed by atoms with Crippen LogP contribution in [0.4, 0.5) is 14.5 Å². The molecule has 1 saturated heterocycles. The predicted molar refractivity (Wildman–Crippen MR) is 98.2 cm³/mol. The zero-order chi connectivity index (χ0) is 18.1. The highest BCUT2D eigenvalue weighted by atomic mass is 32.1. The van der Waals surface area contributed by atoms with Crippen LogP contribution in [0.5, 0.6) is 0 Å². The quantitative estimate of drug-likeness (QED) is 0.740. The number of carbonyl (C=O) groups excluding carboxylic acids is 1. The summed E-state index contributed by atoms with van der Waals surface area (Å²) < 4.78 is 28.5. The van der Waals surface area contributed by atoms with Crippen LogP contribution in [0.1, 0.15) is 23.9 Å². The van der Waals surface area contributed by atoms with Gasteiger partial charge in [-0.15, -0.1) is 11.3 Å². The van der Waals surface area contributed by atoms with Gasteiger partial charge in [0.05, 0.1) is 22.8 Å². The van der Waals surface area contributed by atoms with E-state index in [9.17, 15) is 13.6 Å². The standard InChI is InChI=1S/C19H17F2N3OS/c20-12-5-3-6-13(21)18(12)23-17(25)11-24-10-4-8-15(24)19-22-14-7-1-2-9-16(14)26-19/h1-3,5-7,9,15H,4,8,10-11H2,(H,23,25)/t15-/m0/s1. The summed E-state index contributed by atoms with van der Waals surface area (Å²) in [6.45, 7) is 0.835. The Bertz CT molecular complexity index is 906. The lowest BCUT2D eigenvalue weighted by molar-refractivity contribution is -0.117. The molecule has 2 aromatic carbocycles. The molecular formula is C19H17F2N3OS. The Hall–Kier alpha value is -2.38. The van der Waals surface area contributed by atoms with E-state index in [4.69, 9.17) is 0 Å². The highest BCUT2D eigenvalue weighted by molar-refractivity contribution is 7.18. The van der Waals surface area contributed by atoms with Gasteiger partial charge in [-0.25, -0.2) is 13.8 Å². The molecule has 1 fully saturated rings. The Morgan fingerprint density at radius 3 is 2.73 bits per heavy atom. The first-order valence-electron chi connectivity index (χ1n) is 8.45. The predicted octanol–water partition coefficient (Wildman–Crippen LogP) is 4.35. The van der Waals surface area contributed by atoms with Gasteiger partial charge in [-0.2, -0.15) is 0 Å². The van der Waals surface area contributed by atoms with Gasteiger partial charge in [0.25, 0.3) is 0 Å². The minimum Gasteiger partial charge on any atom is -0.320 e. The number of thiazole rings is 1. The molecule has 7 heteroatoms. The number of hydrogen-bond donors (Lipinski definition) is 1. The second kappa shape index (κ2) is 7.09. The fraction of sp³-hybridized carbons (Fsp3) is 0.263. The average molecular weight is 373 g/mol. The third-order valence-corrected chi connectivity index (χ3v) is 5.67. The van der Waals surface area contributed by atoms with Crippen LogP contribution in [-0.4, -0.2) is 28.9 Å². The topological polar surface area (TPSA) is 45.2 Å². The largest absolute Gasteiger partial charge is 0.320 e. The first-order valence-corrected chi connectivity index (χ1v) is 9.27. The number of amides is 1. The molecule has 134 valence electrons. The molecule has 1 N–H and O–H groups in total. The van der Waals surface area contributed by atoms with Crippen molar-refractivity contribution < 1.29 is 13.6 Å². The van der Waals surface area contributed by atoms with Crippen molar-refractivity contribution in [3.63, 3.8) is 0 Å². The summed E-state index contributed by atoms with van der Waals surface area (Å²) in [6, 6.07) is 11.5. The van der Waals surface area contributed by atoms with E-state index in [2.05, 4.69) is 10.3 Å². The molecular weight excluding hydrogens is 356 g/mol. The molecule has 1 aliphatic rings. The number of aromatic nitrogens is 1. The first kappa shape index (κ1) is 17.1. The van der Waals surface area contributed by atoms with Gasteiger partial charge in [0.2, 0.25) is 5.91 Å². The zero-order valence-corrected chi connectivity index (χ0v) is 14.7. The summed E-state index contributed by atoms with van der Waals surface area (Å²) in [5, 5.41) is 3.34. The van der Waals surface area contributed by atoms with Crippen LogP contribution in [0.2, 0.25) is 0 Å². The Morgan fingerprint density at radius 1 is 1.19 bits per heavy atom. The van der Waals surface area contributed by atoms with Crippen molar-refractivity contribution in [1.82, 2.24) is 9.88 Å². The molecule has 1 amide bonds. The van der Waals surface area contributed by atoms with E-state index in [1.165, 1.54) is 6.07 Å². The summed E-state index contributed by atoms with van der Waals surface area (Å²) in [5.41, 5.74) is 0.561. The van der Waals surface area contributed by atoms with Gasteiger partial charge in [-0.1, -0.05) is 18.2 Å². The molecule has 0 bridgehead atoms. The highest BCUT2D eigenvalue weighted by Crippen LogP contribution is 2.36. The molecule has 3 aromatic rings. The van der Waals surface area contributed by atoms with Crippen LogP contribution in [-0.2, 0) is 4.79 Å². The molecule has 4 rings (SSSR count). The number of para-hydroxylation sites is 2. The van der Waals surface area contributed by atoms with E-state index in [-0.39, 0.29) is 12.6 Å². The molecule has 1 atom stereocenters. The van der Waals surface area contributed by atoms with Gasteiger partial charge in [0.15, 0.2) is 0 Å². The van der Waals surface area contributed by atoms with Gasteiger partial charge in [0.1, 0.15) is 22.3 Å². The maximum Gasteiger partial charge on any atom is 0.238 e. The second-order valence-electron chi connectivity index (χ2n) is 6.29. The zero-order valence-electron chi connectivity index (χ0n) is 13.9. The van der Waals surface area contributed by atoms with Crippen molar-refractivity contribution in [1.29, 1.82) is 0 Å². The van der Waals surface area contributed by atoms with E-state index in [1.807, 2.05) is 29.2 Å². The van der Waals surface area contributed by atoms with Crippen LogP contribution >= 0.6 is 11.3 Å². The second-order valence-corrected chi connectivity index (χ2v) is 7.36. The first-order chi connectivity index (χ1) is 12.6. The lowest BCUT2D eigenvalue weighted by Crippen LogP contribution is -2.33. The third kappa shape index (κ3) is 3.32. The summed E-state index contributed by atoms with van der Waals surface area (Å²) in [4.78, 5) is 19.0. The minimum absolute atomic E-state index is 0.0589. The fourth-order valence-corrected chi connectivity index (χ4v) is 4.45. The number of likely N-dealkylation sites (tertiary alicyclic amines) is 1. The van der Waals surface area contributed by atoms with Crippen molar-refractivity contribution in [2.45, 2.75) is 18.9 Å². The molecule has 1 aromatic heterocycles. The van der Waals surface area contributed by atoms with Crippen LogP contribution in [0, 0.1) is 11.6 Å². The number of nitrogens with one attached hydrogen (secondary N) is 1. The average Bonchev–Trinajstić information content (AvgIpc) is 3.24. The monoisotopic (exact) mass is 373 g/mol. The van der Waals surface area contributed by atoms with Crippen LogP contribution in [0.3, 0.4) is 0 Å². The number of nitrogens with zero attached hydrogens (tertiary/aromatic N) is 2. The molecule has 4 nitrogen and oxygen atoms in total. The Morgan fingerprint density at radius 2 is 1.96 bits per heavy atom. The van der Waals surface area contributed by atoms with Crippen molar-refractivity contribution >= 4 is 33.1 Å². The minimum atomic E-state index is -0.775.